The molecule has 1 atom stereocenters. The molecule has 0 aliphatic heterocycles. The van der Waals surface area contributed by atoms with E-state index in [-0.39, 0.29) is 37.4 Å². The van der Waals surface area contributed by atoms with E-state index in [2.05, 4.69) is 20.6 Å². The van der Waals surface area contributed by atoms with Crippen LogP contribution >= 0.6 is 0 Å². The zero-order valence-electron chi connectivity index (χ0n) is 22.6. The molecule has 0 saturated carbocycles. The minimum Gasteiger partial charge on any atom is -0.478 e. The number of hydrogen-bond donors (Lipinski definition) is 2. The molecule has 2 aromatic carbocycles. The number of benzene rings is 2. The van der Waals surface area contributed by atoms with Crippen molar-refractivity contribution in [1.82, 2.24) is 19.9 Å². The van der Waals surface area contributed by atoms with E-state index in [1.165, 1.54) is 6.20 Å². The van der Waals surface area contributed by atoms with E-state index < -0.39 is 35.6 Å². The fraction of sp³-hybridized carbons (Fsp3) is 0.194. The van der Waals surface area contributed by atoms with Crippen LogP contribution in [0, 0.1) is 0 Å². The molecule has 11 heteroatoms. The summed E-state index contributed by atoms with van der Waals surface area (Å²) in [6.07, 6.45) is 3.42. The number of ether oxygens (including phenoxy) is 1. The number of aromatic nitrogens is 3. The normalized spacial score (nSPS) is 11.2. The Morgan fingerprint density at radius 3 is 2.33 bits per heavy atom. The number of rotatable bonds is 15. The lowest BCUT2D eigenvalue weighted by atomic mass is 9.98. The van der Waals surface area contributed by atoms with E-state index in [1.807, 2.05) is 6.07 Å². The number of ketones is 2. The SMILES string of the molecule is O=CNc1cnc(-c2ccccc2)n(CC(=O)N[C@H](Cc2ccccc2)C(=O)C(=O)CCCOc2ccccn2)c1=O. The number of carbonyl (C=O) groups is 4. The molecule has 0 bridgehead atoms. The second-order valence-electron chi connectivity index (χ2n) is 9.23. The first-order valence-electron chi connectivity index (χ1n) is 13.3. The number of Topliss-reactive ketones (excluding diaryl/α,β-unsaturated/α-hetero) is 2. The molecular weight excluding hydrogens is 538 g/mol. The van der Waals surface area contributed by atoms with Gasteiger partial charge in [-0.3, -0.25) is 28.5 Å². The molecule has 2 amide bonds. The third-order valence-corrected chi connectivity index (χ3v) is 6.24. The van der Waals surface area contributed by atoms with Crippen LogP contribution in [0.25, 0.3) is 11.4 Å². The summed E-state index contributed by atoms with van der Waals surface area (Å²) in [7, 11) is 0. The quantitative estimate of drug-likeness (QED) is 0.126. The minimum absolute atomic E-state index is 0.0756. The summed E-state index contributed by atoms with van der Waals surface area (Å²) in [6, 6.07) is 21.8. The van der Waals surface area contributed by atoms with Gasteiger partial charge in [0, 0.05) is 30.7 Å². The van der Waals surface area contributed by atoms with Crippen molar-refractivity contribution in [1.29, 1.82) is 0 Å². The fourth-order valence-corrected chi connectivity index (χ4v) is 4.22. The Labute approximate surface area is 241 Å². The summed E-state index contributed by atoms with van der Waals surface area (Å²) in [6.45, 7) is -0.315. The van der Waals surface area contributed by atoms with Crippen LogP contribution in [-0.2, 0) is 32.1 Å². The summed E-state index contributed by atoms with van der Waals surface area (Å²) in [5, 5.41) is 4.93. The molecule has 0 radical (unpaired) electrons. The summed E-state index contributed by atoms with van der Waals surface area (Å²) in [4.78, 5) is 71.8. The lowest BCUT2D eigenvalue weighted by Crippen LogP contribution is -2.47. The summed E-state index contributed by atoms with van der Waals surface area (Å²) in [5.41, 5.74) is 0.544. The van der Waals surface area contributed by atoms with E-state index in [0.717, 1.165) is 10.1 Å². The molecule has 11 nitrogen and oxygen atoms in total. The van der Waals surface area contributed by atoms with Gasteiger partial charge in [-0.1, -0.05) is 66.7 Å². The van der Waals surface area contributed by atoms with E-state index in [1.54, 1.807) is 79.0 Å². The molecule has 2 N–H and O–H groups in total. The van der Waals surface area contributed by atoms with Gasteiger partial charge in [0.05, 0.1) is 18.8 Å². The van der Waals surface area contributed by atoms with Gasteiger partial charge in [0.1, 0.15) is 18.1 Å². The highest BCUT2D eigenvalue weighted by molar-refractivity contribution is 6.39. The molecule has 0 aliphatic carbocycles. The van der Waals surface area contributed by atoms with Crippen molar-refractivity contribution in [2.75, 3.05) is 11.9 Å². The summed E-state index contributed by atoms with van der Waals surface area (Å²) >= 11 is 0. The van der Waals surface area contributed by atoms with Crippen LogP contribution in [0.3, 0.4) is 0 Å². The van der Waals surface area contributed by atoms with Crippen LogP contribution in [0.15, 0.2) is 96.1 Å². The summed E-state index contributed by atoms with van der Waals surface area (Å²) < 4.78 is 6.61. The standard InChI is InChI=1S/C31H29N5O6/c37-21-34-25-19-33-30(23-12-5-2-6-13-23)36(31(25)41)20-27(39)35-24(18-22-10-3-1-4-11-22)29(40)26(38)14-9-17-42-28-15-7-8-16-32-28/h1-8,10-13,15-16,19,21,24H,9,14,17-18,20H2,(H,34,37)(H,35,39)/t24-/m1/s1. The van der Waals surface area contributed by atoms with Crippen molar-refractivity contribution >= 4 is 29.6 Å². The first-order chi connectivity index (χ1) is 20.5. The number of carbonyl (C=O) groups excluding carboxylic acids is 4. The molecule has 0 fully saturated rings. The van der Waals surface area contributed by atoms with Gasteiger partial charge in [0.15, 0.2) is 0 Å². The third-order valence-electron chi connectivity index (χ3n) is 6.24. The average Bonchev–Trinajstić information content (AvgIpc) is 3.02. The van der Waals surface area contributed by atoms with E-state index in [9.17, 15) is 24.0 Å². The van der Waals surface area contributed by atoms with Crippen LogP contribution < -0.4 is 20.9 Å². The molecule has 4 aromatic rings. The lowest BCUT2D eigenvalue weighted by Gasteiger charge is -2.19. The van der Waals surface area contributed by atoms with Gasteiger partial charge in [-0.2, -0.15) is 0 Å². The van der Waals surface area contributed by atoms with Crippen LogP contribution in [0.5, 0.6) is 5.88 Å². The second kappa shape index (κ2) is 14.8. The fourth-order valence-electron chi connectivity index (χ4n) is 4.22. The monoisotopic (exact) mass is 567 g/mol. The summed E-state index contributed by atoms with van der Waals surface area (Å²) in [5.74, 6) is -1.48. The highest BCUT2D eigenvalue weighted by Crippen LogP contribution is 2.16. The van der Waals surface area contributed by atoms with Gasteiger partial charge in [-0.05, 0) is 18.1 Å². The average molecular weight is 568 g/mol. The second-order valence-corrected chi connectivity index (χ2v) is 9.23. The zero-order chi connectivity index (χ0) is 29.7. The first kappa shape index (κ1) is 29.5. The zero-order valence-corrected chi connectivity index (χ0v) is 22.6. The third kappa shape index (κ3) is 8.04. The predicted molar refractivity (Wildman–Crippen MR) is 155 cm³/mol. The van der Waals surface area contributed by atoms with Gasteiger partial charge in [0.25, 0.3) is 5.56 Å². The minimum atomic E-state index is -1.16. The predicted octanol–water partition coefficient (Wildman–Crippen LogP) is 2.60. The number of nitrogens with one attached hydrogen (secondary N) is 2. The first-order valence-corrected chi connectivity index (χ1v) is 13.3. The Kier molecular flexibility index (Phi) is 10.4. The number of amides is 2. The lowest BCUT2D eigenvalue weighted by molar-refractivity contribution is -0.139. The van der Waals surface area contributed by atoms with Crippen LogP contribution in [-0.4, -0.2) is 51.1 Å². The molecule has 0 unspecified atom stereocenters. The Morgan fingerprint density at radius 1 is 0.929 bits per heavy atom. The largest absolute Gasteiger partial charge is 0.478 e. The Morgan fingerprint density at radius 2 is 1.64 bits per heavy atom. The van der Waals surface area contributed by atoms with Crippen LogP contribution in [0.1, 0.15) is 18.4 Å². The van der Waals surface area contributed by atoms with Gasteiger partial charge in [-0.25, -0.2) is 9.97 Å². The van der Waals surface area contributed by atoms with E-state index in [4.69, 9.17) is 4.74 Å². The number of hydrogen-bond acceptors (Lipinski definition) is 8. The molecule has 42 heavy (non-hydrogen) atoms. The number of pyridine rings is 1. The number of nitrogens with zero attached hydrogens (tertiary/aromatic N) is 3. The van der Waals surface area contributed by atoms with Gasteiger partial charge >= 0.3 is 0 Å². The maximum absolute atomic E-state index is 13.3. The van der Waals surface area contributed by atoms with Crippen molar-refractivity contribution in [3.8, 4) is 17.3 Å². The Bertz CT molecular complexity index is 1580. The van der Waals surface area contributed by atoms with Crippen molar-refractivity contribution in [2.24, 2.45) is 0 Å². The van der Waals surface area contributed by atoms with Crippen molar-refractivity contribution in [2.45, 2.75) is 31.8 Å². The molecular formula is C31H29N5O6. The Balaban J connectivity index is 1.50. The van der Waals surface area contributed by atoms with Gasteiger partial charge in [0.2, 0.25) is 29.8 Å². The van der Waals surface area contributed by atoms with E-state index in [0.29, 0.717) is 17.9 Å². The van der Waals surface area contributed by atoms with Gasteiger partial charge in [-0.15, -0.1) is 0 Å². The van der Waals surface area contributed by atoms with Crippen molar-refractivity contribution in [3.63, 3.8) is 0 Å². The Hall–Kier alpha value is -5.45. The molecule has 214 valence electrons. The molecule has 2 heterocycles. The smallest absolute Gasteiger partial charge is 0.278 e. The van der Waals surface area contributed by atoms with Crippen LogP contribution in [0.4, 0.5) is 5.69 Å². The van der Waals surface area contributed by atoms with E-state index >= 15 is 0 Å². The maximum atomic E-state index is 13.3. The van der Waals surface area contributed by atoms with Gasteiger partial charge < -0.3 is 15.4 Å². The van der Waals surface area contributed by atoms with Crippen molar-refractivity contribution < 1.29 is 23.9 Å². The van der Waals surface area contributed by atoms with Crippen molar-refractivity contribution in [3.05, 3.63) is 107 Å². The molecule has 2 aromatic heterocycles. The highest BCUT2D eigenvalue weighted by atomic mass is 16.5. The van der Waals surface area contributed by atoms with Crippen LogP contribution in [0.2, 0.25) is 0 Å². The molecule has 0 aliphatic rings. The number of anilines is 1. The molecule has 0 spiro atoms. The molecule has 4 rings (SSSR count). The molecule has 0 saturated heterocycles. The topological polar surface area (TPSA) is 149 Å². The maximum Gasteiger partial charge on any atom is 0.278 e. The highest BCUT2D eigenvalue weighted by Gasteiger charge is 2.27.